The van der Waals surface area contributed by atoms with Crippen LogP contribution >= 0.6 is 0 Å². The van der Waals surface area contributed by atoms with Crippen LogP contribution in [0.1, 0.15) is 21.7 Å². The number of amides is 1. The van der Waals surface area contributed by atoms with Crippen LogP contribution in [0, 0.1) is 25.5 Å². The maximum atomic E-state index is 13.7. The number of nitrogens with zero attached hydrogens (tertiary/aromatic N) is 1. The number of hydrogen-bond donors (Lipinski definition) is 2. The molecule has 0 aliphatic rings. The van der Waals surface area contributed by atoms with Gasteiger partial charge in [0.25, 0.3) is 15.9 Å². The fourth-order valence-corrected chi connectivity index (χ4v) is 3.92. The van der Waals surface area contributed by atoms with Gasteiger partial charge in [0.1, 0.15) is 11.6 Å². The molecule has 0 bridgehead atoms. The van der Waals surface area contributed by atoms with E-state index in [2.05, 4.69) is 0 Å². The third-order valence-corrected chi connectivity index (χ3v) is 5.47. The van der Waals surface area contributed by atoms with Crippen molar-refractivity contribution >= 4 is 15.9 Å². The molecule has 2 aromatic carbocycles. The Kier molecular flexibility index (Phi) is 5.30. The van der Waals surface area contributed by atoms with E-state index in [1.54, 1.807) is 24.7 Å². The molecule has 0 spiro atoms. The second-order valence-corrected chi connectivity index (χ2v) is 7.69. The summed E-state index contributed by atoms with van der Waals surface area (Å²) in [5, 5.41) is 0. The number of benzene rings is 2. The number of hydrazine groups is 1. The molecule has 1 aromatic heterocycles. The lowest BCUT2D eigenvalue weighted by Crippen LogP contribution is -2.42. The zero-order chi connectivity index (χ0) is 20.5. The molecule has 146 valence electrons. The Balaban J connectivity index is 1.85. The van der Waals surface area contributed by atoms with Gasteiger partial charge in [-0.1, -0.05) is 24.3 Å². The highest BCUT2D eigenvalue weighted by Crippen LogP contribution is 2.21. The molecule has 28 heavy (non-hydrogen) atoms. The van der Waals surface area contributed by atoms with E-state index >= 15 is 0 Å². The maximum absolute atomic E-state index is 13.7. The van der Waals surface area contributed by atoms with Gasteiger partial charge in [0.15, 0.2) is 4.90 Å². The van der Waals surface area contributed by atoms with Gasteiger partial charge in [-0.2, -0.15) is 0 Å². The van der Waals surface area contributed by atoms with E-state index in [0.717, 1.165) is 29.6 Å². The largest absolute Gasteiger partial charge is 0.318 e. The molecule has 0 saturated heterocycles. The van der Waals surface area contributed by atoms with Crippen molar-refractivity contribution in [1.82, 2.24) is 14.8 Å². The van der Waals surface area contributed by atoms with Gasteiger partial charge >= 0.3 is 0 Å². The van der Waals surface area contributed by atoms with Gasteiger partial charge in [-0.3, -0.25) is 10.2 Å². The summed E-state index contributed by atoms with van der Waals surface area (Å²) in [5.74, 6) is -3.27. The quantitative estimate of drug-likeness (QED) is 0.641. The molecule has 1 heterocycles. The Bertz CT molecular complexity index is 1120. The molecule has 0 saturated carbocycles. The number of halogens is 2. The minimum absolute atomic E-state index is 0.220. The highest BCUT2D eigenvalue weighted by molar-refractivity contribution is 7.89. The van der Waals surface area contributed by atoms with Gasteiger partial charge in [0.2, 0.25) is 0 Å². The van der Waals surface area contributed by atoms with E-state index in [1.165, 1.54) is 0 Å². The first kappa shape index (κ1) is 19.7. The van der Waals surface area contributed by atoms with Crippen molar-refractivity contribution in [2.75, 3.05) is 0 Å². The second-order valence-electron chi connectivity index (χ2n) is 6.07. The Labute approximate surface area is 160 Å². The van der Waals surface area contributed by atoms with Gasteiger partial charge in [-0.15, -0.1) is 4.83 Å². The van der Waals surface area contributed by atoms with Gasteiger partial charge in [-0.05, 0) is 44.2 Å². The van der Waals surface area contributed by atoms with Gasteiger partial charge < -0.3 is 4.57 Å². The van der Waals surface area contributed by atoms with Crippen LogP contribution in [0.2, 0.25) is 0 Å². The smallest absolute Gasteiger partial charge is 0.268 e. The fourth-order valence-electron chi connectivity index (χ4n) is 2.94. The molecule has 6 nitrogen and oxygen atoms in total. The van der Waals surface area contributed by atoms with Crippen molar-refractivity contribution in [1.29, 1.82) is 0 Å². The fraction of sp³-hybridized carbons (Fsp3) is 0.105. The predicted molar refractivity (Wildman–Crippen MR) is 99.4 cm³/mol. The monoisotopic (exact) mass is 405 g/mol. The number of rotatable bonds is 5. The van der Waals surface area contributed by atoms with E-state index in [1.807, 2.05) is 40.3 Å². The van der Waals surface area contributed by atoms with E-state index in [-0.39, 0.29) is 5.56 Å². The van der Waals surface area contributed by atoms with Crippen molar-refractivity contribution in [2.45, 2.75) is 18.7 Å². The summed E-state index contributed by atoms with van der Waals surface area (Å²) in [6, 6.07) is 13.6. The third kappa shape index (κ3) is 3.67. The van der Waals surface area contributed by atoms with Crippen molar-refractivity contribution < 1.29 is 22.0 Å². The molecular formula is C19H17F2N3O3S. The molecule has 0 unspecified atom stereocenters. The summed E-state index contributed by atoms with van der Waals surface area (Å²) in [7, 11) is -4.63. The summed E-state index contributed by atoms with van der Waals surface area (Å²) in [5.41, 5.74) is 4.40. The standard InChI is InChI=1S/C19H17F2N3O3S/c1-12-11-15(13(2)24(12)14-7-4-3-5-8-14)19(25)22-23-28(26,27)18-16(20)9-6-10-17(18)21/h3-11,23H,1-2H3,(H,22,25). The molecule has 2 N–H and O–H groups in total. The molecule has 0 aliphatic carbocycles. The highest BCUT2D eigenvalue weighted by Gasteiger charge is 2.25. The lowest BCUT2D eigenvalue weighted by molar-refractivity contribution is 0.0944. The van der Waals surface area contributed by atoms with Gasteiger partial charge in [0, 0.05) is 17.1 Å². The molecule has 0 aliphatic heterocycles. The number of para-hydroxylation sites is 1. The summed E-state index contributed by atoms with van der Waals surface area (Å²) >= 11 is 0. The predicted octanol–water partition coefficient (Wildman–Crippen LogP) is 3.00. The molecule has 9 heteroatoms. The first-order valence-corrected chi connectivity index (χ1v) is 9.71. The van der Waals surface area contributed by atoms with Crippen molar-refractivity contribution in [2.24, 2.45) is 0 Å². The van der Waals surface area contributed by atoms with E-state index in [0.29, 0.717) is 5.69 Å². The van der Waals surface area contributed by atoms with Crippen LogP contribution < -0.4 is 10.3 Å². The van der Waals surface area contributed by atoms with E-state index in [4.69, 9.17) is 0 Å². The second kappa shape index (κ2) is 7.53. The zero-order valence-electron chi connectivity index (χ0n) is 15.0. The maximum Gasteiger partial charge on any atom is 0.268 e. The summed E-state index contributed by atoms with van der Waals surface area (Å²) in [4.78, 5) is 13.0. The van der Waals surface area contributed by atoms with Crippen LogP contribution in [0.5, 0.6) is 0 Å². The number of sulfonamides is 1. The van der Waals surface area contributed by atoms with E-state index < -0.39 is 32.5 Å². The first-order valence-electron chi connectivity index (χ1n) is 8.23. The van der Waals surface area contributed by atoms with Crippen molar-refractivity contribution in [3.63, 3.8) is 0 Å². The first-order chi connectivity index (χ1) is 13.2. The normalized spacial score (nSPS) is 11.4. The molecular weight excluding hydrogens is 388 g/mol. The summed E-state index contributed by atoms with van der Waals surface area (Å²) in [6.07, 6.45) is 0. The molecule has 3 rings (SSSR count). The zero-order valence-corrected chi connectivity index (χ0v) is 15.8. The van der Waals surface area contributed by atoms with Crippen LogP contribution in [0.3, 0.4) is 0 Å². The van der Waals surface area contributed by atoms with Crippen LogP contribution in [-0.2, 0) is 10.0 Å². The average Bonchev–Trinajstić information content (AvgIpc) is 2.94. The van der Waals surface area contributed by atoms with E-state index in [9.17, 15) is 22.0 Å². The van der Waals surface area contributed by atoms with Crippen LogP contribution in [0.15, 0.2) is 59.5 Å². The number of aryl methyl sites for hydroxylation is 1. The van der Waals surface area contributed by atoms with Crippen molar-refractivity contribution in [3.8, 4) is 5.69 Å². The van der Waals surface area contributed by atoms with Gasteiger partial charge in [-0.25, -0.2) is 17.2 Å². The number of carbonyl (C=O) groups is 1. The Hall–Kier alpha value is -3.04. The van der Waals surface area contributed by atoms with Crippen LogP contribution in [0.25, 0.3) is 5.69 Å². The lowest BCUT2D eigenvalue weighted by Gasteiger charge is -2.11. The number of carbonyl (C=O) groups excluding carboxylic acids is 1. The topological polar surface area (TPSA) is 80.2 Å². The minimum Gasteiger partial charge on any atom is -0.318 e. The summed E-state index contributed by atoms with van der Waals surface area (Å²) in [6.45, 7) is 3.51. The Morgan fingerprint density at radius 3 is 2.18 bits per heavy atom. The molecule has 0 atom stereocenters. The average molecular weight is 405 g/mol. The van der Waals surface area contributed by atoms with Crippen LogP contribution in [-0.4, -0.2) is 18.9 Å². The molecule has 1 amide bonds. The molecule has 0 fully saturated rings. The Morgan fingerprint density at radius 2 is 1.57 bits per heavy atom. The minimum atomic E-state index is -4.63. The Morgan fingerprint density at radius 1 is 0.964 bits per heavy atom. The SMILES string of the molecule is Cc1cc(C(=O)NNS(=O)(=O)c2c(F)cccc2F)c(C)n1-c1ccccc1. The van der Waals surface area contributed by atoms with Crippen molar-refractivity contribution in [3.05, 3.63) is 83.2 Å². The van der Waals surface area contributed by atoms with Crippen LogP contribution in [0.4, 0.5) is 8.78 Å². The summed E-state index contributed by atoms with van der Waals surface area (Å²) < 4.78 is 53.6. The molecule has 3 aromatic rings. The van der Waals surface area contributed by atoms with Gasteiger partial charge in [0.05, 0.1) is 5.56 Å². The highest BCUT2D eigenvalue weighted by atomic mass is 32.2. The number of aromatic nitrogens is 1. The molecule has 0 radical (unpaired) electrons. The number of nitrogens with one attached hydrogen (secondary N) is 2. The number of hydrogen-bond acceptors (Lipinski definition) is 3. The lowest BCUT2D eigenvalue weighted by atomic mass is 10.2. The third-order valence-electron chi connectivity index (χ3n) is 4.18.